The van der Waals surface area contributed by atoms with E-state index in [1.165, 1.54) is 18.2 Å². The predicted molar refractivity (Wildman–Crippen MR) is 53.7 cm³/mol. The number of nitrogens with one attached hydrogen (secondary N) is 2. The Kier molecular flexibility index (Phi) is 4.22. The Hall–Kier alpha value is -2.15. The highest BCUT2D eigenvalue weighted by atomic mass is 19.1. The van der Waals surface area contributed by atoms with E-state index >= 15 is 0 Å². The molecule has 0 aliphatic heterocycles. The van der Waals surface area contributed by atoms with E-state index in [1.807, 2.05) is 5.48 Å². The number of urea groups is 1. The van der Waals surface area contributed by atoms with Crippen LogP contribution in [-0.2, 0) is 9.63 Å². The molecule has 16 heavy (non-hydrogen) atoms. The highest BCUT2D eigenvalue weighted by Crippen LogP contribution is 2.11. The normalized spacial score (nSPS) is 9.56. The van der Waals surface area contributed by atoms with Gasteiger partial charge in [-0.1, -0.05) is 12.1 Å². The van der Waals surface area contributed by atoms with Gasteiger partial charge in [-0.15, -0.1) is 0 Å². The molecule has 3 amide bonds. The van der Waals surface area contributed by atoms with Crippen LogP contribution in [-0.4, -0.2) is 18.5 Å². The van der Waals surface area contributed by atoms with Crippen LogP contribution in [0.1, 0.15) is 0 Å². The number of hydrogen-bond acceptors (Lipinski definition) is 3. The Balaban J connectivity index is 2.40. The van der Waals surface area contributed by atoms with E-state index in [1.54, 1.807) is 6.07 Å². The molecule has 4 N–H and O–H groups in total. The van der Waals surface area contributed by atoms with Crippen molar-refractivity contribution in [3.8, 4) is 0 Å². The van der Waals surface area contributed by atoms with E-state index in [0.717, 1.165) is 0 Å². The Bertz CT molecular complexity index is 397. The molecule has 1 rings (SSSR count). The van der Waals surface area contributed by atoms with Gasteiger partial charge in [0.25, 0.3) is 0 Å². The van der Waals surface area contributed by atoms with E-state index in [0.29, 0.717) is 0 Å². The number of benzene rings is 1. The van der Waals surface area contributed by atoms with Crippen molar-refractivity contribution in [2.24, 2.45) is 5.73 Å². The van der Waals surface area contributed by atoms with Gasteiger partial charge in [-0.05, 0) is 12.1 Å². The van der Waals surface area contributed by atoms with Crippen molar-refractivity contribution in [1.29, 1.82) is 0 Å². The summed E-state index contributed by atoms with van der Waals surface area (Å²) < 4.78 is 13.0. The zero-order valence-corrected chi connectivity index (χ0v) is 8.20. The van der Waals surface area contributed by atoms with Gasteiger partial charge >= 0.3 is 6.03 Å². The number of amides is 3. The minimum atomic E-state index is -0.800. The molecule has 0 atom stereocenters. The number of halogens is 1. The molecule has 0 saturated carbocycles. The molecule has 6 nitrogen and oxygen atoms in total. The number of carbonyl (C=O) groups is 2. The molecule has 7 heteroatoms. The lowest BCUT2D eigenvalue weighted by Gasteiger charge is -2.07. The number of primary amides is 1. The smallest absolute Gasteiger partial charge is 0.343 e. The predicted octanol–water partition coefficient (Wildman–Crippen LogP) is 0.364. The number of anilines is 1. The van der Waals surface area contributed by atoms with Gasteiger partial charge in [0, 0.05) is 0 Å². The third-order valence-corrected chi connectivity index (χ3v) is 1.50. The summed E-state index contributed by atoms with van der Waals surface area (Å²) in [5.74, 6) is -1.31. The van der Waals surface area contributed by atoms with Gasteiger partial charge in [0.1, 0.15) is 5.82 Å². The molecule has 0 aliphatic rings. The van der Waals surface area contributed by atoms with Gasteiger partial charge in [-0.3, -0.25) is 9.63 Å². The van der Waals surface area contributed by atoms with Crippen molar-refractivity contribution in [3.63, 3.8) is 0 Å². The Morgan fingerprint density at radius 2 is 2.06 bits per heavy atom. The lowest BCUT2D eigenvalue weighted by atomic mass is 10.3. The summed E-state index contributed by atoms with van der Waals surface area (Å²) in [7, 11) is 0. The second kappa shape index (κ2) is 5.66. The van der Waals surface area contributed by atoms with Crippen LogP contribution in [0, 0.1) is 5.82 Å². The third-order valence-electron chi connectivity index (χ3n) is 1.50. The van der Waals surface area contributed by atoms with Crippen molar-refractivity contribution in [2.75, 3.05) is 11.9 Å². The summed E-state index contributed by atoms with van der Waals surface area (Å²) in [5, 5.41) is 2.18. The molecule has 0 aromatic heterocycles. The summed E-state index contributed by atoms with van der Waals surface area (Å²) in [5.41, 5.74) is 6.63. The molecule has 0 radical (unpaired) electrons. The van der Waals surface area contributed by atoms with Gasteiger partial charge in [-0.25, -0.2) is 14.7 Å². The zero-order valence-electron chi connectivity index (χ0n) is 8.20. The summed E-state index contributed by atoms with van der Waals surface area (Å²) in [6, 6.07) is 4.82. The van der Waals surface area contributed by atoms with Crippen LogP contribution in [0.15, 0.2) is 24.3 Å². The molecule has 0 aliphatic carbocycles. The number of para-hydroxylation sites is 1. The van der Waals surface area contributed by atoms with Crippen molar-refractivity contribution in [1.82, 2.24) is 5.48 Å². The average molecular weight is 227 g/mol. The quantitative estimate of drug-likeness (QED) is 0.648. The molecule has 86 valence electrons. The first-order chi connectivity index (χ1) is 7.59. The topological polar surface area (TPSA) is 93.5 Å². The monoisotopic (exact) mass is 227 g/mol. The summed E-state index contributed by atoms with van der Waals surface area (Å²) in [6.07, 6.45) is 0. The second-order valence-corrected chi connectivity index (χ2v) is 2.79. The minimum Gasteiger partial charge on any atom is -0.368 e. The number of carbonyl (C=O) groups excluding carboxylic acids is 2. The molecular weight excluding hydrogens is 217 g/mol. The standard InChI is InChI=1S/C9H10FN3O3/c10-6-3-1-2-4-7(6)12-9(15)13-16-5-8(11)14/h1-4H,5H2,(H2,11,14)(H2,12,13,15). The number of hydroxylamine groups is 1. The van der Waals surface area contributed by atoms with E-state index in [4.69, 9.17) is 5.73 Å². The summed E-state index contributed by atoms with van der Waals surface area (Å²) in [4.78, 5) is 25.7. The molecule has 0 heterocycles. The van der Waals surface area contributed by atoms with E-state index in [9.17, 15) is 14.0 Å². The van der Waals surface area contributed by atoms with Crippen LogP contribution < -0.4 is 16.5 Å². The Morgan fingerprint density at radius 1 is 1.38 bits per heavy atom. The third kappa shape index (κ3) is 3.93. The molecule has 0 saturated heterocycles. The number of rotatable bonds is 4. The maximum Gasteiger partial charge on any atom is 0.343 e. The SMILES string of the molecule is NC(=O)CONC(=O)Nc1ccccc1F. The summed E-state index contributed by atoms with van der Waals surface area (Å²) >= 11 is 0. The van der Waals surface area contributed by atoms with Crippen LogP contribution in [0.2, 0.25) is 0 Å². The zero-order chi connectivity index (χ0) is 12.0. The van der Waals surface area contributed by atoms with Gasteiger partial charge in [0.15, 0.2) is 6.61 Å². The number of hydrogen-bond donors (Lipinski definition) is 3. The van der Waals surface area contributed by atoms with Crippen molar-refractivity contribution < 1.29 is 18.8 Å². The fourth-order valence-corrected chi connectivity index (χ4v) is 0.883. The molecule has 1 aromatic carbocycles. The fourth-order valence-electron chi connectivity index (χ4n) is 0.883. The van der Waals surface area contributed by atoms with Crippen LogP contribution in [0.25, 0.3) is 0 Å². The van der Waals surface area contributed by atoms with Crippen LogP contribution >= 0.6 is 0 Å². The van der Waals surface area contributed by atoms with E-state index in [-0.39, 0.29) is 5.69 Å². The summed E-state index contributed by atoms with van der Waals surface area (Å²) in [6.45, 7) is -0.454. The van der Waals surface area contributed by atoms with E-state index < -0.39 is 24.4 Å². The Labute approximate surface area is 90.5 Å². The Morgan fingerprint density at radius 3 is 2.69 bits per heavy atom. The van der Waals surface area contributed by atoms with Crippen LogP contribution in [0.4, 0.5) is 14.9 Å². The molecule has 0 unspecified atom stereocenters. The minimum absolute atomic E-state index is 0.00248. The van der Waals surface area contributed by atoms with Gasteiger partial charge < -0.3 is 11.1 Å². The molecule has 1 aromatic rings. The van der Waals surface area contributed by atoms with Gasteiger partial charge in [0.2, 0.25) is 5.91 Å². The molecule has 0 spiro atoms. The lowest BCUT2D eigenvalue weighted by Crippen LogP contribution is -2.32. The average Bonchev–Trinajstić information content (AvgIpc) is 2.21. The fraction of sp³-hybridized carbons (Fsp3) is 0.111. The second-order valence-electron chi connectivity index (χ2n) is 2.79. The molecule has 0 bridgehead atoms. The van der Waals surface area contributed by atoms with Gasteiger partial charge in [0.05, 0.1) is 5.69 Å². The maximum absolute atomic E-state index is 13.0. The number of nitrogens with two attached hydrogens (primary N) is 1. The maximum atomic E-state index is 13.0. The first-order valence-electron chi connectivity index (χ1n) is 4.31. The van der Waals surface area contributed by atoms with Crippen LogP contribution in [0.5, 0.6) is 0 Å². The highest BCUT2D eigenvalue weighted by molar-refractivity contribution is 5.88. The first-order valence-corrected chi connectivity index (χ1v) is 4.31. The van der Waals surface area contributed by atoms with Crippen molar-refractivity contribution >= 4 is 17.6 Å². The van der Waals surface area contributed by atoms with Crippen LogP contribution in [0.3, 0.4) is 0 Å². The molecule has 0 fully saturated rings. The first kappa shape index (κ1) is 11.9. The lowest BCUT2D eigenvalue weighted by molar-refractivity contribution is -0.124. The van der Waals surface area contributed by atoms with Crippen molar-refractivity contribution in [3.05, 3.63) is 30.1 Å². The highest BCUT2D eigenvalue weighted by Gasteiger charge is 2.05. The van der Waals surface area contributed by atoms with Crippen molar-refractivity contribution in [2.45, 2.75) is 0 Å². The largest absolute Gasteiger partial charge is 0.368 e. The van der Waals surface area contributed by atoms with E-state index in [2.05, 4.69) is 10.2 Å². The molecular formula is C9H10FN3O3. The van der Waals surface area contributed by atoms with Gasteiger partial charge in [-0.2, -0.15) is 0 Å².